The second kappa shape index (κ2) is 7.49. The zero-order valence-corrected chi connectivity index (χ0v) is 10.2. The van der Waals surface area contributed by atoms with Crippen molar-refractivity contribution < 1.29 is 9.53 Å². The van der Waals surface area contributed by atoms with Gasteiger partial charge in [-0.1, -0.05) is 31.6 Å². The minimum absolute atomic E-state index is 0.0426. The van der Waals surface area contributed by atoms with E-state index in [0.717, 1.165) is 18.6 Å². The SMILES string of the molecule is C=CCNC(=O)COc1ccc(CCC)cc1. The Morgan fingerprint density at radius 3 is 2.71 bits per heavy atom. The normalized spacial score (nSPS) is 9.71. The molecule has 0 fully saturated rings. The van der Waals surface area contributed by atoms with Crippen LogP contribution < -0.4 is 10.1 Å². The summed E-state index contributed by atoms with van der Waals surface area (Å²) in [5.41, 5.74) is 1.29. The standard InChI is InChI=1S/C14H19NO2/c1-3-5-12-6-8-13(9-7-12)17-11-14(16)15-10-4-2/h4,6-9H,2-3,5,10-11H2,1H3,(H,15,16). The lowest BCUT2D eigenvalue weighted by Crippen LogP contribution is -2.28. The molecule has 1 aromatic carbocycles. The van der Waals surface area contributed by atoms with Gasteiger partial charge in [-0.15, -0.1) is 6.58 Å². The van der Waals surface area contributed by atoms with E-state index in [9.17, 15) is 4.79 Å². The van der Waals surface area contributed by atoms with E-state index >= 15 is 0 Å². The van der Waals surface area contributed by atoms with Gasteiger partial charge >= 0.3 is 0 Å². The van der Waals surface area contributed by atoms with Crippen molar-refractivity contribution in [3.8, 4) is 5.75 Å². The Hall–Kier alpha value is -1.77. The minimum Gasteiger partial charge on any atom is -0.484 e. The van der Waals surface area contributed by atoms with Gasteiger partial charge in [0.05, 0.1) is 0 Å². The summed E-state index contributed by atoms with van der Waals surface area (Å²) >= 11 is 0. The molecule has 0 heterocycles. The first-order chi connectivity index (χ1) is 8.26. The molecule has 0 radical (unpaired) electrons. The number of carbonyl (C=O) groups is 1. The monoisotopic (exact) mass is 233 g/mol. The van der Waals surface area contributed by atoms with E-state index in [4.69, 9.17) is 4.74 Å². The Morgan fingerprint density at radius 1 is 1.41 bits per heavy atom. The van der Waals surface area contributed by atoms with Gasteiger partial charge < -0.3 is 10.1 Å². The van der Waals surface area contributed by atoms with E-state index in [2.05, 4.69) is 18.8 Å². The van der Waals surface area contributed by atoms with Crippen molar-refractivity contribution in [1.82, 2.24) is 5.32 Å². The maximum atomic E-state index is 11.3. The predicted octanol–water partition coefficient (Wildman–Crippen LogP) is 2.32. The molecule has 1 rings (SSSR count). The van der Waals surface area contributed by atoms with Crippen LogP contribution in [0.1, 0.15) is 18.9 Å². The van der Waals surface area contributed by atoms with Crippen LogP contribution >= 0.6 is 0 Å². The third-order valence-electron chi connectivity index (χ3n) is 2.28. The van der Waals surface area contributed by atoms with Crippen LogP contribution in [-0.4, -0.2) is 19.1 Å². The molecule has 0 saturated carbocycles. The maximum Gasteiger partial charge on any atom is 0.258 e. The van der Waals surface area contributed by atoms with Gasteiger partial charge in [0, 0.05) is 6.54 Å². The molecule has 0 saturated heterocycles. The highest BCUT2D eigenvalue weighted by atomic mass is 16.5. The van der Waals surface area contributed by atoms with Gasteiger partial charge in [0.25, 0.3) is 5.91 Å². The van der Waals surface area contributed by atoms with Crippen LogP contribution in [0, 0.1) is 0 Å². The van der Waals surface area contributed by atoms with Gasteiger partial charge in [-0.05, 0) is 24.1 Å². The van der Waals surface area contributed by atoms with Gasteiger partial charge in [-0.2, -0.15) is 0 Å². The van der Waals surface area contributed by atoms with Crippen molar-refractivity contribution in [1.29, 1.82) is 0 Å². The summed E-state index contributed by atoms with van der Waals surface area (Å²) in [4.78, 5) is 11.3. The lowest BCUT2D eigenvalue weighted by Gasteiger charge is -2.06. The second-order valence-corrected chi connectivity index (χ2v) is 3.78. The molecule has 0 aromatic heterocycles. The quantitative estimate of drug-likeness (QED) is 0.734. The summed E-state index contributed by atoms with van der Waals surface area (Å²) in [5.74, 6) is 0.584. The van der Waals surface area contributed by atoms with Crippen LogP contribution in [0.5, 0.6) is 5.75 Å². The van der Waals surface area contributed by atoms with Crippen LogP contribution in [0.4, 0.5) is 0 Å². The van der Waals surface area contributed by atoms with Gasteiger partial charge in [-0.3, -0.25) is 4.79 Å². The number of rotatable bonds is 7. The zero-order valence-electron chi connectivity index (χ0n) is 10.2. The molecule has 3 heteroatoms. The molecule has 17 heavy (non-hydrogen) atoms. The number of amides is 1. The summed E-state index contributed by atoms with van der Waals surface area (Å²) in [6, 6.07) is 7.85. The first kappa shape index (κ1) is 13.3. The van der Waals surface area contributed by atoms with Gasteiger partial charge in [0.1, 0.15) is 5.75 Å². The predicted molar refractivity (Wildman–Crippen MR) is 69.1 cm³/mol. The molecule has 0 aliphatic rings. The highest BCUT2D eigenvalue weighted by Crippen LogP contribution is 2.13. The Balaban J connectivity index is 2.36. The summed E-state index contributed by atoms with van der Waals surface area (Å²) in [6.07, 6.45) is 3.84. The Bertz CT molecular complexity index is 357. The number of benzene rings is 1. The van der Waals surface area contributed by atoms with E-state index in [1.54, 1.807) is 6.08 Å². The average molecular weight is 233 g/mol. The fourth-order valence-electron chi connectivity index (χ4n) is 1.43. The Morgan fingerprint density at radius 2 is 2.12 bits per heavy atom. The first-order valence-electron chi connectivity index (χ1n) is 5.85. The van der Waals surface area contributed by atoms with Crippen LogP contribution in [-0.2, 0) is 11.2 Å². The van der Waals surface area contributed by atoms with Gasteiger partial charge in [0.2, 0.25) is 0 Å². The summed E-state index contributed by atoms with van der Waals surface area (Å²) in [6.45, 7) is 6.18. The smallest absolute Gasteiger partial charge is 0.258 e. The van der Waals surface area contributed by atoms with Crippen molar-refractivity contribution in [2.45, 2.75) is 19.8 Å². The second-order valence-electron chi connectivity index (χ2n) is 3.78. The average Bonchev–Trinajstić information content (AvgIpc) is 2.36. The maximum absolute atomic E-state index is 11.3. The molecule has 0 spiro atoms. The highest BCUT2D eigenvalue weighted by molar-refractivity contribution is 5.77. The number of hydrogen-bond acceptors (Lipinski definition) is 2. The third-order valence-corrected chi connectivity index (χ3v) is 2.28. The van der Waals surface area contributed by atoms with Crippen LogP contribution in [0.25, 0.3) is 0 Å². The lowest BCUT2D eigenvalue weighted by atomic mass is 10.1. The molecule has 0 bridgehead atoms. The topological polar surface area (TPSA) is 38.3 Å². The fraction of sp³-hybridized carbons (Fsp3) is 0.357. The molecule has 0 aliphatic heterocycles. The van der Waals surface area contributed by atoms with Crippen molar-refractivity contribution in [2.24, 2.45) is 0 Å². The van der Waals surface area contributed by atoms with Crippen molar-refractivity contribution >= 4 is 5.91 Å². The number of carbonyl (C=O) groups excluding carboxylic acids is 1. The minimum atomic E-state index is -0.137. The van der Waals surface area contributed by atoms with E-state index < -0.39 is 0 Å². The van der Waals surface area contributed by atoms with E-state index in [-0.39, 0.29) is 12.5 Å². The Kier molecular flexibility index (Phi) is 5.86. The molecule has 1 amide bonds. The summed E-state index contributed by atoms with van der Waals surface area (Å²) in [5, 5.41) is 2.65. The van der Waals surface area contributed by atoms with E-state index in [1.165, 1.54) is 5.56 Å². The molecular formula is C14H19NO2. The summed E-state index contributed by atoms with van der Waals surface area (Å²) < 4.78 is 5.35. The highest BCUT2D eigenvalue weighted by Gasteiger charge is 2.01. The first-order valence-corrected chi connectivity index (χ1v) is 5.85. The lowest BCUT2D eigenvalue weighted by molar-refractivity contribution is -0.122. The molecule has 3 nitrogen and oxygen atoms in total. The van der Waals surface area contributed by atoms with Crippen LogP contribution in [0.3, 0.4) is 0 Å². The Labute approximate surface area is 102 Å². The van der Waals surface area contributed by atoms with Crippen molar-refractivity contribution in [2.75, 3.05) is 13.2 Å². The summed E-state index contributed by atoms with van der Waals surface area (Å²) in [7, 11) is 0. The molecule has 0 aliphatic carbocycles. The largest absolute Gasteiger partial charge is 0.484 e. The van der Waals surface area contributed by atoms with Crippen molar-refractivity contribution in [3.63, 3.8) is 0 Å². The third kappa shape index (κ3) is 5.20. The molecule has 0 atom stereocenters. The van der Waals surface area contributed by atoms with Crippen molar-refractivity contribution in [3.05, 3.63) is 42.5 Å². The molecule has 1 N–H and O–H groups in total. The molecule has 0 unspecified atom stereocenters. The molecular weight excluding hydrogens is 214 g/mol. The van der Waals surface area contributed by atoms with Gasteiger partial charge in [0.15, 0.2) is 6.61 Å². The van der Waals surface area contributed by atoms with Gasteiger partial charge in [-0.25, -0.2) is 0 Å². The number of aryl methyl sites for hydroxylation is 1. The van der Waals surface area contributed by atoms with Crippen LogP contribution in [0.15, 0.2) is 36.9 Å². The molecule has 92 valence electrons. The van der Waals surface area contributed by atoms with E-state index in [1.807, 2.05) is 24.3 Å². The number of hydrogen-bond donors (Lipinski definition) is 1. The number of ether oxygens (including phenoxy) is 1. The van der Waals surface area contributed by atoms with Crippen LogP contribution in [0.2, 0.25) is 0 Å². The fourth-order valence-corrected chi connectivity index (χ4v) is 1.43. The molecule has 1 aromatic rings. The number of nitrogens with one attached hydrogen (secondary N) is 1. The zero-order chi connectivity index (χ0) is 12.5. The van der Waals surface area contributed by atoms with E-state index in [0.29, 0.717) is 6.54 Å².